The molecule has 184 valence electrons. The molecule has 16 heteroatoms. The normalized spacial score (nSPS) is 12.8. The number of aromatic nitrogens is 2. The average molecular weight is 596 g/mol. The van der Waals surface area contributed by atoms with E-state index < -0.39 is 18.0 Å². The second kappa shape index (κ2) is 15.7. The van der Waals surface area contributed by atoms with Gasteiger partial charge in [0.05, 0.1) is 24.3 Å². The summed E-state index contributed by atoms with van der Waals surface area (Å²) in [4.78, 5) is 19.8. The van der Waals surface area contributed by atoms with Crippen LogP contribution in [-0.4, -0.2) is 81.8 Å². The summed E-state index contributed by atoms with van der Waals surface area (Å²) in [6, 6.07) is 0. The van der Waals surface area contributed by atoms with E-state index in [1.54, 1.807) is 0 Å². The first-order valence-corrected chi connectivity index (χ1v) is 12.4. The van der Waals surface area contributed by atoms with Crippen LogP contribution in [0.15, 0.2) is 10.2 Å². The number of hydrogen-bond donors (Lipinski definition) is 2. The molecular weight excluding hydrogens is 567 g/mol. The van der Waals surface area contributed by atoms with Gasteiger partial charge in [0.25, 0.3) is 5.88 Å². The van der Waals surface area contributed by atoms with Gasteiger partial charge in [-0.15, -0.1) is 4.37 Å². The lowest BCUT2D eigenvalue weighted by Gasteiger charge is -2.26. The molecule has 1 aromatic heterocycles. The Morgan fingerprint density at radius 3 is 2.48 bits per heavy atom. The fourth-order valence-electron chi connectivity index (χ4n) is 2.47. The molecule has 0 fully saturated rings. The van der Waals surface area contributed by atoms with Crippen molar-refractivity contribution < 1.29 is 19.4 Å². The summed E-state index contributed by atoms with van der Waals surface area (Å²) in [7, 11) is 0. The largest absolute Gasteiger partial charge is 0.470 e. The molecule has 0 aliphatic rings. The molecule has 0 aliphatic carbocycles. The Morgan fingerprint density at radius 1 is 1.27 bits per heavy atom. The number of anilines is 1. The van der Waals surface area contributed by atoms with E-state index in [-0.39, 0.29) is 44.3 Å². The van der Waals surface area contributed by atoms with Gasteiger partial charge in [-0.3, -0.25) is 4.79 Å². The number of halogens is 1. The van der Waals surface area contributed by atoms with Crippen LogP contribution in [0.1, 0.15) is 20.8 Å². The number of esters is 1. The Hall–Kier alpha value is -2.10. The van der Waals surface area contributed by atoms with Crippen LogP contribution in [0.25, 0.3) is 20.9 Å². The molecule has 1 heterocycles. The van der Waals surface area contributed by atoms with E-state index in [2.05, 4.69) is 56.7 Å². The smallest absolute Gasteiger partial charge is 0.309 e. The van der Waals surface area contributed by atoms with Gasteiger partial charge in [-0.25, -0.2) is 0 Å². The molecule has 0 amide bonds. The Morgan fingerprint density at radius 2 is 1.94 bits per heavy atom. The molecule has 0 aromatic carbocycles. The quantitative estimate of drug-likeness (QED) is 0.0726. The molecule has 14 nitrogen and oxygen atoms in total. The molecule has 2 N–H and O–H groups in total. The monoisotopic (exact) mass is 596 g/mol. The number of aliphatic hydroxyl groups is 1. The van der Waals surface area contributed by atoms with Crippen molar-refractivity contribution in [3.63, 3.8) is 0 Å². The van der Waals surface area contributed by atoms with Crippen molar-refractivity contribution in [1.82, 2.24) is 14.1 Å². The van der Waals surface area contributed by atoms with Crippen molar-refractivity contribution in [2.24, 2.45) is 16.1 Å². The van der Waals surface area contributed by atoms with Gasteiger partial charge in [0.15, 0.2) is 0 Å². The van der Waals surface area contributed by atoms with E-state index in [0.29, 0.717) is 18.9 Å². The fraction of sp³-hybridized carbons (Fsp3) is 0.824. The Labute approximate surface area is 209 Å². The van der Waals surface area contributed by atoms with E-state index >= 15 is 0 Å². The van der Waals surface area contributed by atoms with Crippen molar-refractivity contribution in [1.29, 1.82) is 0 Å². The van der Waals surface area contributed by atoms with E-state index in [4.69, 9.17) is 20.5 Å². The minimum atomic E-state index is -0.908. The number of nitrogens with zero attached hydrogens (tertiary/aromatic N) is 9. The number of hydrogen-bond acceptors (Lipinski definition) is 11. The number of carbonyl (C=O) groups is 1. The maximum absolute atomic E-state index is 12.7. The van der Waals surface area contributed by atoms with Gasteiger partial charge in [-0.1, -0.05) is 32.8 Å². The van der Waals surface area contributed by atoms with Crippen molar-refractivity contribution in [2.45, 2.75) is 32.4 Å². The molecular formula is C17H29IN10O4S. The van der Waals surface area contributed by atoms with Crippen molar-refractivity contribution in [3.05, 3.63) is 20.9 Å². The highest BCUT2D eigenvalue weighted by molar-refractivity contribution is 14.1. The Bertz CT molecular complexity index is 797. The van der Waals surface area contributed by atoms with Crippen molar-refractivity contribution in [3.8, 4) is 5.88 Å². The predicted molar refractivity (Wildman–Crippen MR) is 133 cm³/mol. The lowest BCUT2D eigenvalue weighted by molar-refractivity contribution is -0.154. The van der Waals surface area contributed by atoms with Crippen LogP contribution in [0.5, 0.6) is 5.88 Å². The third-order valence-corrected chi connectivity index (χ3v) is 5.06. The van der Waals surface area contributed by atoms with Gasteiger partial charge in [-0.05, 0) is 31.8 Å². The second-order valence-electron chi connectivity index (χ2n) is 7.82. The van der Waals surface area contributed by atoms with Gasteiger partial charge in [-0.2, -0.15) is 4.37 Å². The molecule has 0 saturated heterocycles. The van der Waals surface area contributed by atoms with E-state index in [1.807, 2.05) is 25.7 Å². The van der Waals surface area contributed by atoms with Crippen LogP contribution in [0, 0.1) is 5.92 Å². The molecule has 0 unspecified atom stereocenters. The topological polar surface area (TPSA) is 194 Å². The maximum Gasteiger partial charge on any atom is 0.309 e. The molecule has 0 saturated carbocycles. The summed E-state index contributed by atoms with van der Waals surface area (Å²) in [6.07, 6.45) is -0.707. The predicted octanol–water partition coefficient (Wildman–Crippen LogP) is 2.69. The number of nitrogens with one attached hydrogen (secondary N) is 1. The highest BCUT2D eigenvalue weighted by Gasteiger charge is 2.26. The fourth-order valence-corrected chi connectivity index (χ4v) is 3.57. The number of alkyl halides is 1. The number of aliphatic hydroxyl groups excluding tert-OH is 1. The maximum atomic E-state index is 12.7. The second-order valence-corrected chi connectivity index (χ2v) is 9.42. The molecule has 1 rings (SSSR count). The number of azide groups is 2. The third kappa shape index (κ3) is 11.5. The zero-order valence-electron chi connectivity index (χ0n) is 18.8. The molecule has 1 atom stereocenters. The van der Waals surface area contributed by atoms with Crippen LogP contribution in [0.2, 0.25) is 0 Å². The summed E-state index contributed by atoms with van der Waals surface area (Å²) in [5.41, 5.74) is 16.9. The minimum Gasteiger partial charge on any atom is -0.470 e. The lowest BCUT2D eigenvalue weighted by atomic mass is 10.1. The third-order valence-electron chi connectivity index (χ3n) is 4.08. The molecule has 0 radical (unpaired) electrons. The summed E-state index contributed by atoms with van der Waals surface area (Å²) >= 11 is 3.22. The van der Waals surface area contributed by atoms with Crippen LogP contribution in [0.3, 0.4) is 0 Å². The van der Waals surface area contributed by atoms with E-state index in [1.165, 1.54) is 0 Å². The van der Waals surface area contributed by atoms with Crippen LogP contribution >= 0.6 is 34.3 Å². The van der Waals surface area contributed by atoms with E-state index in [9.17, 15) is 9.90 Å². The van der Waals surface area contributed by atoms with Crippen LogP contribution in [0.4, 0.5) is 5.82 Å². The summed E-state index contributed by atoms with van der Waals surface area (Å²) in [6.45, 7) is 6.80. The summed E-state index contributed by atoms with van der Waals surface area (Å²) in [5.74, 6) is -0.768. The minimum absolute atomic E-state index is 0.0137. The standard InChI is InChI=1S/C17H29IN10O4S/c1-17(2,3)21-10-13(32-16(30)12(8-22-26-19)9-23-27-20)11-31-15-14(24-33-25-15)28(5-4-18)6-7-29/h12-13,21,29H,4-11H2,1-3H3/t13-/m0/s1. The van der Waals surface area contributed by atoms with E-state index in [0.717, 1.165) is 16.2 Å². The Balaban J connectivity index is 2.95. The average Bonchev–Trinajstić information content (AvgIpc) is 3.23. The highest BCUT2D eigenvalue weighted by atomic mass is 127. The van der Waals surface area contributed by atoms with Crippen LogP contribution < -0.4 is 15.0 Å². The van der Waals surface area contributed by atoms with Gasteiger partial charge in [0, 0.05) is 52.5 Å². The van der Waals surface area contributed by atoms with Crippen LogP contribution in [-0.2, 0) is 9.53 Å². The van der Waals surface area contributed by atoms with Gasteiger partial charge in [0.2, 0.25) is 5.82 Å². The first kappa shape index (κ1) is 28.9. The molecule has 0 bridgehead atoms. The SMILES string of the molecule is CC(C)(C)NC[C@@H](COc1nsnc1N(CCO)CCI)OC(=O)C(CN=[N+]=[N-])CN=[N+]=[N-]. The van der Waals surface area contributed by atoms with Gasteiger partial charge in [0.1, 0.15) is 12.7 Å². The Kier molecular flexibility index (Phi) is 13.8. The van der Waals surface area contributed by atoms with Crippen molar-refractivity contribution in [2.75, 3.05) is 55.3 Å². The molecule has 1 aromatic rings. The summed E-state index contributed by atoms with van der Waals surface area (Å²) in [5, 5.41) is 19.4. The van der Waals surface area contributed by atoms with Crippen molar-refractivity contribution >= 4 is 46.1 Å². The number of rotatable bonds is 16. The zero-order valence-corrected chi connectivity index (χ0v) is 21.8. The molecule has 0 aliphatic heterocycles. The number of carbonyl (C=O) groups excluding carboxylic acids is 1. The van der Waals surface area contributed by atoms with Gasteiger partial charge >= 0.3 is 5.97 Å². The highest BCUT2D eigenvalue weighted by Crippen LogP contribution is 2.26. The first-order chi connectivity index (χ1) is 15.8. The first-order valence-electron chi connectivity index (χ1n) is 10.1. The summed E-state index contributed by atoms with van der Waals surface area (Å²) < 4.78 is 20.7. The van der Waals surface area contributed by atoms with Gasteiger partial charge < -0.3 is 24.8 Å². The zero-order chi connectivity index (χ0) is 24.7. The molecule has 33 heavy (non-hydrogen) atoms. The molecule has 0 spiro atoms. The number of ether oxygens (including phenoxy) is 2. The lowest BCUT2D eigenvalue weighted by Crippen LogP contribution is -2.45.